The first kappa shape index (κ1) is 18.8. The number of nitrogens with zero attached hydrogens (tertiary/aromatic N) is 5. The van der Waals surface area contributed by atoms with Gasteiger partial charge in [-0.3, -0.25) is 0 Å². The Morgan fingerprint density at radius 2 is 2.31 bits per heavy atom. The highest BCUT2D eigenvalue weighted by molar-refractivity contribution is 7.11. The molecule has 1 aliphatic rings. The number of hydrogen-bond donors (Lipinski definition) is 2. The van der Waals surface area contributed by atoms with E-state index in [-0.39, 0.29) is 6.10 Å². The SMILES string of the molecule is CCc1cnc(CNC(=NCc2nnc(C)n2C)NCC2CCCO2)s1. The lowest BCUT2D eigenvalue weighted by molar-refractivity contribution is 0.114. The standard InChI is InChI=1S/C17H27N7OS/c1-4-14-9-18-16(26-14)11-21-17(19-8-13-6-5-7-25-13)20-10-15-23-22-12(2)24(15)3/h9,13H,4-8,10-11H2,1-3H3,(H2,19,20,21). The fraction of sp³-hybridized carbons (Fsp3) is 0.647. The number of thiazole rings is 1. The van der Waals surface area contributed by atoms with Crippen molar-refractivity contribution in [3.8, 4) is 0 Å². The van der Waals surface area contributed by atoms with Gasteiger partial charge in [-0.05, 0) is 26.2 Å². The summed E-state index contributed by atoms with van der Waals surface area (Å²) in [5.74, 6) is 2.46. The van der Waals surface area contributed by atoms with Crippen LogP contribution in [0.2, 0.25) is 0 Å². The monoisotopic (exact) mass is 377 g/mol. The molecule has 0 radical (unpaired) electrons. The summed E-state index contributed by atoms with van der Waals surface area (Å²) in [6, 6.07) is 0. The highest BCUT2D eigenvalue weighted by Crippen LogP contribution is 2.13. The van der Waals surface area contributed by atoms with Crippen molar-refractivity contribution in [1.82, 2.24) is 30.4 Å². The van der Waals surface area contributed by atoms with Crippen molar-refractivity contribution in [2.75, 3.05) is 13.2 Å². The maximum atomic E-state index is 5.69. The molecule has 142 valence electrons. The van der Waals surface area contributed by atoms with Crippen LogP contribution in [0.1, 0.15) is 41.3 Å². The lowest BCUT2D eigenvalue weighted by Crippen LogP contribution is -2.40. The van der Waals surface area contributed by atoms with E-state index in [1.165, 1.54) is 4.88 Å². The van der Waals surface area contributed by atoms with Gasteiger partial charge in [0, 0.05) is 31.3 Å². The maximum absolute atomic E-state index is 5.69. The molecule has 1 aliphatic heterocycles. The molecule has 2 aromatic heterocycles. The van der Waals surface area contributed by atoms with Crippen LogP contribution in [0.4, 0.5) is 0 Å². The summed E-state index contributed by atoms with van der Waals surface area (Å²) < 4.78 is 7.64. The number of nitrogens with one attached hydrogen (secondary N) is 2. The molecule has 0 aromatic carbocycles. The number of rotatable bonds is 7. The number of aromatic nitrogens is 4. The number of ether oxygens (including phenoxy) is 1. The van der Waals surface area contributed by atoms with Crippen LogP contribution in [-0.2, 0) is 31.3 Å². The lowest BCUT2D eigenvalue weighted by atomic mass is 10.2. The second kappa shape index (κ2) is 9.09. The molecular weight excluding hydrogens is 350 g/mol. The van der Waals surface area contributed by atoms with Crippen molar-refractivity contribution in [2.45, 2.75) is 52.3 Å². The van der Waals surface area contributed by atoms with Crippen LogP contribution in [0.5, 0.6) is 0 Å². The van der Waals surface area contributed by atoms with E-state index < -0.39 is 0 Å². The maximum Gasteiger partial charge on any atom is 0.192 e. The van der Waals surface area contributed by atoms with Gasteiger partial charge in [-0.15, -0.1) is 21.5 Å². The molecule has 0 spiro atoms. The summed E-state index contributed by atoms with van der Waals surface area (Å²) in [6.07, 6.45) is 5.44. The van der Waals surface area contributed by atoms with Gasteiger partial charge in [-0.1, -0.05) is 6.92 Å². The Kier molecular flexibility index (Phi) is 6.56. The van der Waals surface area contributed by atoms with Gasteiger partial charge in [0.05, 0.1) is 12.6 Å². The molecule has 9 heteroatoms. The van der Waals surface area contributed by atoms with E-state index >= 15 is 0 Å². The molecule has 1 fully saturated rings. The molecule has 1 saturated heterocycles. The summed E-state index contributed by atoms with van der Waals surface area (Å²) in [6.45, 7) is 6.80. The molecule has 3 rings (SSSR count). The Labute approximate surface area is 158 Å². The third-order valence-corrected chi connectivity index (χ3v) is 5.58. The number of aryl methyl sites for hydroxylation is 2. The summed E-state index contributed by atoms with van der Waals surface area (Å²) in [7, 11) is 1.95. The minimum Gasteiger partial charge on any atom is -0.376 e. The quantitative estimate of drug-likeness (QED) is 0.562. The predicted molar refractivity (Wildman–Crippen MR) is 102 cm³/mol. The Bertz CT molecular complexity index is 733. The molecule has 0 saturated carbocycles. The third kappa shape index (κ3) is 5.01. The third-order valence-electron chi connectivity index (χ3n) is 4.44. The van der Waals surface area contributed by atoms with E-state index in [2.05, 4.69) is 37.7 Å². The average Bonchev–Trinajstić information content (AvgIpc) is 3.38. The lowest BCUT2D eigenvalue weighted by Gasteiger charge is -2.15. The van der Waals surface area contributed by atoms with Gasteiger partial charge in [0.1, 0.15) is 17.4 Å². The van der Waals surface area contributed by atoms with Crippen LogP contribution in [0, 0.1) is 6.92 Å². The van der Waals surface area contributed by atoms with E-state index in [0.717, 1.165) is 55.0 Å². The molecule has 2 aromatic rings. The minimum absolute atomic E-state index is 0.255. The van der Waals surface area contributed by atoms with Crippen molar-refractivity contribution in [2.24, 2.45) is 12.0 Å². The summed E-state index contributed by atoms with van der Waals surface area (Å²) in [5, 5.41) is 16.1. The fourth-order valence-electron chi connectivity index (χ4n) is 2.68. The Hall–Kier alpha value is -2.00. The molecule has 0 aliphatic carbocycles. The summed E-state index contributed by atoms with van der Waals surface area (Å²) in [5.41, 5.74) is 0. The van der Waals surface area contributed by atoms with Crippen LogP contribution in [0.25, 0.3) is 0 Å². The van der Waals surface area contributed by atoms with Crippen LogP contribution >= 0.6 is 11.3 Å². The van der Waals surface area contributed by atoms with Crippen LogP contribution in [0.15, 0.2) is 11.2 Å². The molecule has 26 heavy (non-hydrogen) atoms. The highest BCUT2D eigenvalue weighted by atomic mass is 32.1. The molecule has 1 atom stereocenters. The Morgan fingerprint density at radius 1 is 1.42 bits per heavy atom. The molecule has 8 nitrogen and oxygen atoms in total. The van der Waals surface area contributed by atoms with Crippen LogP contribution in [0.3, 0.4) is 0 Å². The molecular formula is C17H27N7OS. The molecule has 3 heterocycles. The van der Waals surface area contributed by atoms with Gasteiger partial charge < -0.3 is 19.9 Å². The van der Waals surface area contributed by atoms with Gasteiger partial charge in [0.2, 0.25) is 0 Å². The van der Waals surface area contributed by atoms with Gasteiger partial charge in [0.15, 0.2) is 11.8 Å². The van der Waals surface area contributed by atoms with Crippen molar-refractivity contribution in [3.05, 3.63) is 27.7 Å². The van der Waals surface area contributed by atoms with E-state index in [9.17, 15) is 0 Å². The molecule has 2 N–H and O–H groups in total. The highest BCUT2D eigenvalue weighted by Gasteiger charge is 2.16. The van der Waals surface area contributed by atoms with Gasteiger partial charge in [-0.25, -0.2) is 9.98 Å². The van der Waals surface area contributed by atoms with Gasteiger partial charge >= 0.3 is 0 Å². The summed E-state index contributed by atoms with van der Waals surface area (Å²) >= 11 is 1.73. The Morgan fingerprint density at radius 3 is 2.96 bits per heavy atom. The van der Waals surface area contributed by atoms with Crippen LogP contribution < -0.4 is 10.6 Å². The van der Waals surface area contributed by atoms with Crippen molar-refractivity contribution >= 4 is 17.3 Å². The normalized spacial score (nSPS) is 17.7. The Balaban J connectivity index is 1.61. The zero-order valence-electron chi connectivity index (χ0n) is 15.7. The van der Waals surface area contributed by atoms with E-state index in [4.69, 9.17) is 4.74 Å². The zero-order valence-corrected chi connectivity index (χ0v) is 16.5. The van der Waals surface area contributed by atoms with E-state index in [0.29, 0.717) is 13.1 Å². The smallest absolute Gasteiger partial charge is 0.192 e. The minimum atomic E-state index is 0.255. The number of aliphatic imine (C=N–C) groups is 1. The number of guanidine groups is 1. The molecule has 1 unspecified atom stereocenters. The van der Waals surface area contributed by atoms with Crippen molar-refractivity contribution in [1.29, 1.82) is 0 Å². The largest absolute Gasteiger partial charge is 0.376 e. The second-order valence-corrected chi connectivity index (χ2v) is 7.53. The van der Waals surface area contributed by atoms with Crippen molar-refractivity contribution in [3.63, 3.8) is 0 Å². The first-order valence-corrected chi connectivity index (χ1v) is 9.89. The fourth-order valence-corrected chi connectivity index (χ4v) is 3.48. The molecule has 0 bridgehead atoms. The average molecular weight is 378 g/mol. The number of hydrogen-bond acceptors (Lipinski definition) is 6. The second-order valence-electron chi connectivity index (χ2n) is 6.33. The summed E-state index contributed by atoms with van der Waals surface area (Å²) in [4.78, 5) is 10.4. The topological polar surface area (TPSA) is 89.3 Å². The first-order chi connectivity index (χ1) is 12.7. The van der Waals surface area contributed by atoms with Gasteiger partial charge in [0.25, 0.3) is 0 Å². The van der Waals surface area contributed by atoms with Crippen molar-refractivity contribution < 1.29 is 4.74 Å². The van der Waals surface area contributed by atoms with E-state index in [1.54, 1.807) is 11.3 Å². The first-order valence-electron chi connectivity index (χ1n) is 9.08. The molecule has 0 amide bonds. The predicted octanol–water partition coefficient (Wildman–Crippen LogP) is 1.56. The van der Waals surface area contributed by atoms with E-state index in [1.807, 2.05) is 24.7 Å². The zero-order chi connectivity index (χ0) is 18.4. The van der Waals surface area contributed by atoms with Gasteiger partial charge in [-0.2, -0.15) is 0 Å². The van der Waals surface area contributed by atoms with Crippen LogP contribution in [-0.4, -0.2) is 45.0 Å².